The maximum absolute atomic E-state index is 13.2. The lowest BCUT2D eigenvalue weighted by Gasteiger charge is -2.13. The minimum absolute atomic E-state index is 0.258. The third-order valence-corrected chi connectivity index (χ3v) is 7.01. The first-order valence-corrected chi connectivity index (χ1v) is 13.6. The standard InChI is InChI=1S/C33H25N5O5/c1-38-33(43-38,22-10-12-25(13-11-22)40-20-23-18-34-28-6-2-4-8-30(28)36-23)32(39)42-27-16-14-26(15-17-27)41-21-24-19-35-29-7-3-5-9-31(29)37-24/h2-19H,20-21H2,1H3. The molecule has 2 unspecified atom stereocenters. The van der Waals surface area contributed by atoms with Crippen molar-refractivity contribution >= 4 is 28.0 Å². The van der Waals surface area contributed by atoms with Crippen LogP contribution in [0.4, 0.5) is 0 Å². The van der Waals surface area contributed by atoms with Crippen LogP contribution in [0.1, 0.15) is 17.0 Å². The molecule has 0 aliphatic carbocycles. The van der Waals surface area contributed by atoms with Gasteiger partial charge in [0.1, 0.15) is 30.5 Å². The molecule has 0 radical (unpaired) electrons. The Morgan fingerprint density at radius 1 is 0.674 bits per heavy atom. The molecule has 0 saturated carbocycles. The molecule has 6 aromatic rings. The highest BCUT2D eigenvalue weighted by atomic mass is 16.9. The Morgan fingerprint density at radius 3 is 1.60 bits per heavy atom. The zero-order valence-electron chi connectivity index (χ0n) is 23.1. The molecule has 1 aliphatic rings. The van der Waals surface area contributed by atoms with Crippen LogP contribution in [-0.2, 0) is 28.6 Å². The second kappa shape index (κ2) is 11.1. The first-order valence-electron chi connectivity index (χ1n) is 13.6. The molecule has 0 bridgehead atoms. The monoisotopic (exact) mass is 571 g/mol. The number of hydrogen-bond acceptors (Lipinski definition) is 10. The maximum Gasteiger partial charge on any atom is 0.368 e. The van der Waals surface area contributed by atoms with Gasteiger partial charge in [0.2, 0.25) is 0 Å². The van der Waals surface area contributed by atoms with E-state index in [0.29, 0.717) is 34.2 Å². The Morgan fingerprint density at radius 2 is 1.12 bits per heavy atom. The number of para-hydroxylation sites is 4. The Hall–Kier alpha value is -5.45. The number of carbonyl (C=O) groups excluding carboxylic acids is 1. The number of likely N-dealkylation sites (N-methyl/N-ethyl adjacent to an activating group) is 1. The molecule has 1 saturated heterocycles. The van der Waals surface area contributed by atoms with Gasteiger partial charge < -0.3 is 14.2 Å². The van der Waals surface area contributed by atoms with Gasteiger partial charge in [0, 0.05) is 12.6 Å². The van der Waals surface area contributed by atoms with Crippen molar-refractivity contribution in [2.45, 2.75) is 18.9 Å². The van der Waals surface area contributed by atoms with Gasteiger partial charge in [-0.2, -0.15) is 0 Å². The van der Waals surface area contributed by atoms with Gasteiger partial charge in [-0.25, -0.2) is 14.8 Å². The van der Waals surface area contributed by atoms with E-state index >= 15 is 0 Å². The minimum atomic E-state index is -1.34. The van der Waals surface area contributed by atoms with Crippen molar-refractivity contribution in [3.8, 4) is 17.2 Å². The summed E-state index contributed by atoms with van der Waals surface area (Å²) in [7, 11) is 1.68. The lowest BCUT2D eigenvalue weighted by Crippen LogP contribution is -2.30. The van der Waals surface area contributed by atoms with Crippen LogP contribution < -0.4 is 14.2 Å². The lowest BCUT2D eigenvalue weighted by atomic mass is 10.1. The minimum Gasteiger partial charge on any atom is -0.487 e. The van der Waals surface area contributed by atoms with Crippen LogP contribution in [0.5, 0.6) is 17.2 Å². The van der Waals surface area contributed by atoms with Crippen molar-refractivity contribution in [1.29, 1.82) is 0 Å². The number of carbonyl (C=O) groups is 1. The van der Waals surface area contributed by atoms with E-state index in [-0.39, 0.29) is 13.2 Å². The van der Waals surface area contributed by atoms with E-state index in [1.54, 1.807) is 68.0 Å². The van der Waals surface area contributed by atoms with Gasteiger partial charge in [-0.3, -0.25) is 14.8 Å². The summed E-state index contributed by atoms with van der Waals surface area (Å²) in [6.07, 6.45) is 3.40. The zero-order chi connectivity index (χ0) is 29.2. The van der Waals surface area contributed by atoms with Crippen LogP contribution >= 0.6 is 0 Å². The normalized spacial score (nSPS) is 17.5. The number of fused-ring (bicyclic) bond motifs is 2. The quantitative estimate of drug-likeness (QED) is 0.128. The molecule has 1 fully saturated rings. The van der Waals surface area contributed by atoms with Crippen LogP contribution in [0, 0.1) is 0 Å². The molecule has 0 N–H and O–H groups in total. The lowest BCUT2D eigenvalue weighted by molar-refractivity contribution is -0.141. The summed E-state index contributed by atoms with van der Waals surface area (Å²) in [4.78, 5) is 36.8. The Kier molecular flexibility index (Phi) is 6.82. The predicted molar refractivity (Wildman–Crippen MR) is 157 cm³/mol. The number of rotatable bonds is 9. The maximum atomic E-state index is 13.2. The highest BCUT2D eigenvalue weighted by Gasteiger charge is 2.62. The number of hydrogen-bond donors (Lipinski definition) is 0. The Bertz CT molecular complexity index is 1930. The molecule has 43 heavy (non-hydrogen) atoms. The van der Waals surface area contributed by atoms with Gasteiger partial charge in [0.15, 0.2) is 0 Å². The smallest absolute Gasteiger partial charge is 0.368 e. The van der Waals surface area contributed by atoms with Gasteiger partial charge in [0.25, 0.3) is 5.72 Å². The molecule has 0 amide bonds. The van der Waals surface area contributed by atoms with Crippen molar-refractivity contribution in [3.63, 3.8) is 0 Å². The van der Waals surface area contributed by atoms with E-state index in [0.717, 1.165) is 22.1 Å². The third kappa shape index (κ3) is 5.44. The summed E-state index contributed by atoms with van der Waals surface area (Å²) < 4.78 is 17.4. The van der Waals surface area contributed by atoms with E-state index in [1.165, 1.54) is 5.06 Å². The summed E-state index contributed by atoms with van der Waals surface area (Å²) in [5, 5.41) is 1.46. The number of esters is 1. The summed E-state index contributed by atoms with van der Waals surface area (Å²) in [5.41, 5.74) is 3.99. The molecule has 2 atom stereocenters. The van der Waals surface area contributed by atoms with Crippen molar-refractivity contribution in [2.75, 3.05) is 7.05 Å². The molecule has 10 heteroatoms. The van der Waals surface area contributed by atoms with Crippen molar-refractivity contribution < 1.29 is 23.8 Å². The van der Waals surface area contributed by atoms with E-state index in [2.05, 4.69) is 19.9 Å². The molecule has 7 rings (SSSR count). The highest BCUT2D eigenvalue weighted by Crippen LogP contribution is 2.44. The summed E-state index contributed by atoms with van der Waals surface area (Å²) >= 11 is 0. The van der Waals surface area contributed by atoms with E-state index in [9.17, 15) is 4.79 Å². The van der Waals surface area contributed by atoms with Crippen molar-refractivity contribution in [3.05, 3.63) is 126 Å². The number of benzene rings is 4. The molecular weight excluding hydrogens is 546 g/mol. The van der Waals surface area contributed by atoms with E-state index < -0.39 is 11.7 Å². The molecule has 212 valence electrons. The van der Waals surface area contributed by atoms with Crippen LogP contribution in [-0.4, -0.2) is 38.0 Å². The van der Waals surface area contributed by atoms with Crippen molar-refractivity contribution in [2.24, 2.45) is 0 Å². The average molecular weight is 572 g/mol. The molecule has 10 nitrogen and oxygen atoms in total. The number of hydroxylamine groups is 2. The molecular formula is C33H25N5O5. The van der Waals surface area contributed by atoms with Crippen molar-refractivity contribution in [1.82, 2.24) is 25.0 Å². The van der Waals surface area contributed by atoms with Gasteiger partial charge in [-0.1, -0.05) is 36.4 Å². The van der Waals surface area contributed by atoms with Gasteiger partial charge in [0.05, 0.1) is 45.8 Å². The van der Waals surface area contributed by atoms with Gasteiger partial charge in [-0.05, 0) is 60.7 Å². The third-order valence-electron chi connectivity index (χ3n) is 7.01. The molecule has 2 aromatic heterocycles. The number of aromatic nitrogens is 4. The predicted octanol–water partition coefficient (Wildman–Crippen LogP) is 5.37. The molecule has 0 spiro atoms. The SMILES string of the molecule is CN1OC1(C(=O)Oc1ccc(OCc2cnc3ccccc3n2)cc1)c1ccc(OCc2cnc3ccccc3n2)cc1. The topological polar surface area (TPSA) is 112 Å². The van der Waals surface area contributed by atoms with E-state index in [1.807, 2.05) is 48.5 Å². The fourth-order valence-corrected chi connectivity index (χ4v) is 4.70. The summed E-state index contributed by atoms with van der Waals surface area (Å²) in [5.74, 6) is 1.03. The fourth-order valence-electron chi connectivity index (χ4n) is 4.70. The Labute approximate surface area is 246 Å². The molecule has 4 aromatic carbocycles. The summed E-state index contributed by atoms with van der Waals surface area (Å²) in [6, 6.07) is 29.2. The zero-order valence-corrected chi connectivity index (χ0v) is 23.1. The van der Waals surface area contributed by atoms with Gasteiger partial charge in [-0.15, -0.1) is 5.06 Å². The van der Waals surface area contributed by atoms with Crippen LogP contribution in [0.25, 0.3) is 22.1 Å². The average Bonchev–Trinajstić information content (AvgIpc) is 3.75. The van der Waals surface area contributed by atoms with Crippen LogP contribution in [0.3, 0.4) is 0 Å². The second-order valence-electron chi connectivity index (χ2n) is 9.90. The van der Waals surface area contributed by atoms with Crippen LogP contribution in [0.2, 0.25) is 0 Å². The summed E-state index contributed by atoms with van der Waals surface area (Å²) in [6.45, 7) is 0.518. The van der Waals surface area contributed by atoms with E-state index in [4.69, 9.17) is 19.0 Å². The van der Waals surface area contributed by atoms with Crippen LogP contribution in [0.15, 0.2) is 109 Å². The number of ether oxygens (including phenoxy) is 3. The first kappa shape index (κ1) is 26.4. The molecule has 1 aliphatic heterocycles. The Balaban J connectivity index is 0.962. The highest BCUT2D eigenvalue weighted by molar-refractivity contribution is 5.84. The first-order chi connectivity index (χ1) is 21.1. The molecule has 3 heterocycles. The van der Waals surface area contributed by atoms with Gasteiger partial charge >= 0.3 is 5.97 Å². The second-order valence-corrected chi connectivity index (χ2v) is 9.90. The number of nitrogens with zero attached hydrogens (tertiary/aromatic N) is 5. The fraction of sp³-hybridized carbons (Fsp3) is 0.121. The largest absolute Gasteiger partial charge is 0.487 e.